The van der Waals surface area contributed by atoms with Crippen LogP contribution in [0.2, 0.25) is 0 Å². The molecule has 0 bridgehead atoms. The van der Waals surface area contributed by atoms with Gasteiger partial charge >= 0.3 is 52.6 Å². The number of quaternary nitrogens is 1. The summed E-state index contributed by atoms with van der Waals surface area (Å²) in [6.07, 6.45) is 0. The van der Waals surface area contributed by atoms with Gasteiger partial charge in [0, 0.05) is 0 Å². The van der Waals surface area contributed by atoms with Crippen molar-refractivity contribution >= 4 is 23.1 Å². The molecule has 0 saturated heterocycles. The van der Waals surface area contributed by atoms with Crippen molar-refractivity contribution in [3.63, 3.8) is 0 Å². The molecule has 7 heteroatoms. The number of rotatable bonds is 0. The van der Waals surface area contributed by atoms with E-state index in [1.807, 2.05) is 0 Å². The zero-order chi connectivity index (χ0) is 4.50. The first-order valence-corrected chi connectivity index (χ1v) is 2.75. The fourth-order valence-corrected chi connectivity index (χ4v) is 0. The molecular formula is H5CrMgNO4. The van der Waals surface area contributed by atoms with Crippen molar-refractivity contribution in [3.05, 3.63) is 0 Å². The van der Waals surface area contributed by atoms with Crippen LogP contribution in [0.25, 0.3) is 0 Å². The van der Waals surface area contributed by atoms with Gasteiger partial charge in [0.1, 0.15) is 0 Å². The molecule has 4 N–H and O–H groups in total. The fourth-order valence-electron chi connectivity index (χ4n) is 0. The fraction of sp³-hybridized carbons (Fsp3) is 0. The summed E-state index contributed by atoms with van der Waals surface area (Å²) >= 11 is -5.75. The van der Waals surface area contributed by atoms with Crippen molar-refractivity contribution in [2.75, 3.05) is 0 Å². The van der Waals surface area contributed by atoms with Crippen molar-refractivity contribution < 1.29 is 29.5 Å². The Kier molecular flexibility index (Phi) is 11.0. The summed E-state index contributed by atoms with van der Waals surface area (Å²) in [5.74, 6) is 0. The molecule has 0 aliphatic heterocycles. The van der Waals surface area contributed by atoms with Crippen LogP contribution >= 0.6 is 0 Å². The van der Waals surface area contributed by atoms with Gasteiger partial charge in [0.15, 0.2) is 0 Å². The van der Waals surface area contributed by atoms with E-state index in [0.717, 1.165) is 0 Å². The van der Waals surface area contributed by atoms with E-state index in [9.17, 15) is 0 Å². The van der Waals surface area contributed by atoms with Gasteiger partial charge in [-0.25, -0.2) is 0 Å². The van der Waals surface area contributed by atoms with Crippen molar-refractivity contribution in [1.82, 2.24) is 6.15 Å². The summed E-state index contributed by atoms with van der Waals surface area (Å²) in [4.78, 5) is 0. The minimum atomic E-state index is -5.75. The minimum absolute atomic E-state index is 0. The second-order valence-corrected chi connectivity index (χ2v) is 1.68. The average molecular weight is 159 g/mol. The molecule has 0 saturated carbocycles. The Morgan fingerprint density at radius 1 is 1.14 bits per heavy atom. The van der Waals surface area contributed by atoms with Gasteiger partial charge in [0.25, 0.3) is 0 Å². The Labute approximate surface area is 58.8 Å². The van der Waals surface area contributed by atoms with Gasteiger partial charge in [0.05, 0.1) is 0 Å². The van der Waals surface area contributed by atoms with E-state index >= 15 is 0 Å². The Balaban J connectivity index is -0.0000000800. The Hall–Kier alpha value is 0.779. The molecule has 0 rings (SSSR count). The SMILES string of the molecule is [MgH+].[NH4+].[O]=[Cr](=[O])([O-])[O-]. The Morgan fingerprint density at radius 3 is 1.14 bits per heavy atom. The predicted octanol–water partition coefficient (Wildman–Crippen LogP) is -2.89. The summed E-state index contributed by atoms with van der Waals surface area (Å²) in [6.45, 7) is 0. The van der Waals surface area contributed by atoms with Crippen LogP contribution in [0.3, 0.4) is 0 Å². The van der Waals surface area contributed by atoms with Crippen LogP contribution in [0.4, 0.5) is 0 Å². The molecule has 7 heavy (non-hydrogen) atoms. The van der Waals surface area contributed by atoms with E-state index in [1.54, 1.807) is 0 Å². The molecule has 0 fully saturated rings. The van der Waals surface area contributed by atoms with Gasteiger partial charge in [-0.1, -0.05) is 0 Å². The van der Waals surface area contributed by atoms with Gasteiger partial charge in [-0.3, -0.25) is 0 Å². The molecule has 0 aromatic rings. The molecule has 0 aliphatic rings. The zero-order valence-corrected chi connectivity index (χ0v) is 7.32. The van der Waals surface area contributed by atoms with E-state index < -0.39 is 13.6 Å². The molecular weight excluding hydrogens is 154 g/mol. The van der Waals surface area contributed by atoms with E-state index in [2.05, 4.69) is 0 Å². The van der Waals surface area contributed by atoms with E-state index in [0.29, 0.717) is 0 Å². The van der Waals surface area contributed by atoms with Crippen LogP contribution in [-0.4, -0.2) is 23.1 Å². The normalized spacial score (nSPS) is 8.29. The third-order valence-electron chi connectivity index (χ3n) is 0. The van der Waals surface area contributed by atoms with Crippen molar-refractivity contribution in [2.45, 2.75) is 0 Å². The maximum absolute atomic E-state index is 8.59. The van der Waals surface area contributed by atoms with Gasteiger partial charge in [0.2, 0.25) is 0 Å². The van der Waals surface area contributed by atoms with Gasteiger partial charge in [-0.2, -0.15) is 0 Å². The standard InChI is InChI=1S/Cr.Mg.H3N.4O.H/h;;1H3;;;;;/q;+1;;;;2*-1;/p+1. The van der Waals surface area contributed by atoms with Gasteiger partial charge in [-0.15, -0.1) is 0 Å². The third-order valence-corrected chi connectivity index (χ3v) is 0. The second-order valence-electron chi connectivity index (χ2n) is 0.408. The summed E-state index contributed by atoms with van der Waals surface area (Å²) in [5.41, 5.74) is 0. The molecule has 42 valence electrons. The summed E-state index contributed by atoms with van der Waals surface area (Å²) in [5, 5.41) is 0. The molecule has 0 aromatic heterocycles. The van der Waals surface area contributed by atoms with Gasteiger partial charge < -0.3 is 6.15 Å². The van der Waals surface area contributed by atoms with E-state index in [-0.39, 0.29) is 29.2 Å². The molecule has 0 heterocycles. The van der Waals surface area contributed by atoms with Crippen LogP contribution in [0.5, 0.6) is 0 Å². The second kappa shape index (κ2) is 4.93. The monoisotopic (exact) mass is 159 g/mol. The Morgan fingerprint density at radius 2 is 1.14 bits per heavy atom. The number of hydrogen-bond donors (Lipinski definition) is 1. The predicted molar refractivity (Wildman–Crippen MR) is 14.5 cm³/mol. The molecule has 0 radical (unpaired) electrons. The van der Waals surface area contributed by atoms with Crippen LogP contribution in [0.15, 0.2) is 0 Å². The first kappa shape index (κ1) is 15.7. The van der Waals surface area contributed by atoms with Crippen molar-refractivity contribution in [1.29, 1.82) is 0 Å². The van der Waals surface area contributed by atoms with Crippen LogP contribution in [-0.2, 0) is 21.2 Å². The first-order valence-electron chi connectivity index (χ1n) is 0.667. The van der Waals surface area contributed by atoms with Crippen LogP contribution in [0, 0.1) is 0 Å². The van der Waals surface area contributed by atoms with Gasteiger partial charge in [-0.05, 0) is 0 Å². The van der Waals surface area contributed by atoms with E-state index in [1.165, 1.54) is 0 Å². The molecule has 5 nitrogen and oxygen atoms in total. The molecule has 0 spiro atoms. The van der Waals surface area contributed by atoms with Crippen LogP contribution in [0.1, 0.15) is 0 Å². The van der Waals surface area contributed by atoms with Crippen molar-refractivity contribution in [3.8, 4) is 0 Å². The molecule has 0 aromatic carbocycles. The zero-order valence-electron chi connectivity index (χ0n) is 4.04. The molecule has 0 unspecified atom stereocenters. The molecule has 0 atom stereocenters. The third kappa shape index (κ3) is 255. The molecule has 0 aliphatic carbocycles. The van der Waals surface area contributed by atoms with Crippen molar-refractivity contribution in [2.24, 2.45) is 0 Å². The average Bonchev–Trinajstić information content (AvgIpc) is 0.722. The summed E-state index contributed by atoms with van der Waals surface area (Å²) in [7, 11) is 0. The summed E-state index contributed by atoms with van der Waals surface area (Å²) < 4.78 is 34.4. The summed E-state index contributed by atoms with van der Waals surface area (Å²) in [6, 6.07) is 0. The first-order chi connectivity index (χ1) is 2.00. The van der Waals surface area contributed by atoms with Crippen LogP contribution < -0.4 is 14.5 Å². The quantitative estimate of drug-likeness (QED) is 0.382. The Bertz CT molecular complexity index is 94.9. The topological polar surface area (TPSA) is 117 Å². The number of hydrogen-bond acceptors (Lipinski definition) is 4. The molecule has 0 amide bonds. The maximum atomic E-state index is 8.59. The van der Waals surface area contributed by atoms with E-state index in [4.69, 9.17) is 15.9 Å².